The van der Waals surface area contributed by atoms with Gasteiger partial charge in [-0.1, -0.05) is 12.1 Å². The monoisotopic (exact) mass is 482 g/mol. The van der Waals surface area contributed by atoms with Gasteiger partial charge in [-0.15, -0.1) is 0 Å². The van der Waals surface area contributed by atoms with Gasteiger partial charge in [0.15, 0.2) is 0 Å². The lowest BCUT2D eigenvalue weighted by atomic mass is 9.96. The Balaban J connectivity index is 1.26. The minimum atomic E-state index is -3.62. The van der Waals surface area contributed by atoms with Gasteiger partial charge in [0.05, 0.1) is 23.6 Å². The molecule has 2 aromatic rings. The summed E-state index contributed by atoms with van der Waals surface area (Å²) in [5.74, 6) is 0.843. The summed E-state index contributed by atoms with van der Waals surface area (Å²) in [6.45, 7) is 4.54. The van der Waals surface area contributed by atoms with Crippen LogP contribution in [0.2, 0.25) is 0 Å². The number of carbonyl (C=O) groups is 1. The SMILES string of the molecule is COc1ccc(CN2CCN(C(=O)C3CCN(S(=O)(=O)c4ccc(C#N)cc4)CC3)CC2)cc1. The van der Waals surface area contributed by atoms with Gasteiger partial charge in [0.25, 0.3) is 0 Å². The van der Waals surface area contributed by atoms with E-state index in [0.717, 1.165) is 25.4 Å². The molecule has 0 aliphatic carbocycles. The molecule has 0 aromatic heterocycles. The molecule has 0 N–H and O–H groups in total. The van der Waals surface area contributed by atoms with Gasteiger partial charge in [-0.3, -0.25) is 9.69 Å². The molecule has 2 saturated heterocycles. The van der Waals surface area contributed by atoms with Gasteiger partial charge in [0, 0.05) is 51.7 Å². The molecular formula is C25H30N4O4S. The van der Waals surface area contributed by atoms with Crippen LogP contribution in [0.15, 0.2) is 53.4 Å². The van der Waals surface area contributed by atoms with E-state index < -0.39 is 10.0 Å². The van der Waals surface area contributed by atoms with E-state index in [1.165, 1.54) is 34.1 Å². The van der Waals surface area contributed by atoms with Gasteiger partial charge in [-0.25, -0.2) is 8.42 Å². The predicted octanol–water partition coefficient (Wildman–Crippen LogP) is 2.31. The molecule has 1 amide bonds. The van der Waals surface area contributed by atoms with Crippen molar-refractivity contribution in [1.29, 1.82) is 5.26 Å². The highest BCUT2D eigenvalue weighted by atomic mass is 32.2. The molecule has 2 fully saturated rings. The maximum Gasteiger partial charge on any atom is 0.243 e. The van der Waals surface area contributed by atoms with E-state index in [1.807, 2.05) is 23.1 Å². The van der Waals surface area contributed by atoms with Crippen LogP contribution in [0.25, 0.3) is 0 Å². The van der Waals surface area contributed by atoms with Crippen LogP contribution >= 0.6 is 0 Å². The van der Waals surface area contributed by atoms with Gasteiger partial charge in [-0.2, -0.15) is 9.57 Å². The second kappa shape index (κ2) is 10.6. The molecule has 8 nitrogen and oxygen atoms in total. The van der Waals surface area contributed by atoms with Crippen molar-refractivity contribution < 1.29 is 17.9 Å². The van der Waals surface area contributed by atoms with E-state index >= 15 is 0 Å². The number of benzene rings is 2. The van der Waals surface area contributed by atoms with Gasteiger partial charge in [-0.05, 0) is 54.8 Å². The quantitative estimate of drug-likeness (QED) is 0.627. The molecular weight excluding hydrogens is 452 g/mol. The molecule has 180 valence electrons. The summed E-state index contributed by atoms with van der Waals surface area (Å²) in [5.41, 5.74) is 1.64. The Labute approximate surface area is 201 Å². The highest BCUT2D eigenvalue weighted by molar-refractivity contribution is 7.89. The van der Waals surface area contributed by atoms with Crippen molar-refractivity contribution in [3.63, 3.8) is 0 Å². The Morgan fingerprint density at radius 2 is 1.59 bits per heavy atom. The van der Waals surface area contributed by atoms with E-state index in [0.29, 0.717) is 44.6 Å². The molecule has 4 rings (SSSR count). The van der Waals surface area contributed by atoms with Crippen molar-refractivity contribution in [2.75, 3.05) is 46.4 Å². The van der Waals surface area contributed by atoms with E-state index in [2.05, 4.69) is 17.0 Å². The predicted molar refractivity (Wildman–Crippen MR) is 127 cm³/mol. The first-order valence-electron chi connectivity index (χ1n) is 11.5. The molecule has 0 atom stereocenters. The normalized spacial score (nSPS) is 18.4. The first-order valence-corrected chi connectivity index (χ1v) is 13.0. The molecule has 9 heteroatoms. The van der Waals surface area contributed by atoms with Crippen molar-refractivity contribution in [2.45, 2.75) is 24.3 Å². The Bertz CT molecular complexity index is 1130. The highest BCUT2D eigenvalue weighted by Gasteiger charge is 2.34. The third-order valence-electron chi connectivity index (χ3n) is 6.67. The van der Waals surface area contributed by atoms with E-state index in [9.17, 15) is 13.2 Å². The maximum atomic E-state index is 13.1. The number of nitrogens with zero attached hydrogens (tertiary/aromatic N) is 4. The number of rotatable bonds is 6. The van der Waals surface area contributed by atoms with Crippen LogP contribution in [-0.2, 0) is 21.4 Å². The second-order valence-corrected chi connectivity index (χ2v) is 10.7. The smallest absolute Gasteiger partial charge is 0.243 e. The average molecular weight is 483 g/mol. The summed E-state index contributed by atoms with van der Waals surface area (Å²) in [5, 5.41) is 8.91. The molecule has 0 unspecified atom stereocenters. The van der Waals surface area contributed by atoms with Crippen molar-refractivity contribution in [3.05, 3.63) is 59.7 Å². The number of hydrogen-bond acceptors (Lipinski definition) is 6. The second-order valence-electron chi connectivity index (χ2n) is 8.76. The largest absolute Gasteiger partial charge is 0.497 e. The molecule has 2 aromatic carbocycles. The lowest BCUT2D eigenvalue weighted by Crippen LogP contribution is -2.51. The standard InChI is InChI=1S/C25H30N4O4S/c1-33-23-6-2-21(3-7-23)19-27-14-16-28(17-15-27)25(30)22-10-12-29(13-11-22)34(31,32)24-8-4-20(18-26)5-9-24/h2-9,22H,10-17,19H2,1H3. The van der Waals surface area contributed by atoms with Crippen molar-refractivity contribution >= 4 is 15.9 Å². The van der Waals surface area contributed by atoms with Crippen LogP contribution < -0.4 is 4.74 Å². The number of ether oxygens (including phenoxy) is 1. The number of carbonyl (C=O) groups excluding carboxylic acids is 1. The number of piperidine rings is 1. The number of piperazine rings is 1. The lowest BCUT2D eigenvalue weighted by Gasteiger charge is -2.38. The van der Waals surface area contributed by atoms with E-state index in [-0.39, 0.29) is 16.7 Å². The molecule has 0 bridgehead atoms. The van der Waals surface area contributed by atoms with Crippen LogP contribution in [0.4, 0.5) is 0 Å². The fraction of sp³-hybridized carbons (Fsp3) is 0.440. The lowest BCUT2D eigenvalue weighted by molar-refractivity contribution is -0.138. The Morgan fingerprint density at radius 3 is 2.15 bits per heavy atom. The van der Waals surface area contributed by atoms with Gasteiger partial charge in [0.2, 0.25) is 15.9 Å². The highest BCUT2D eigenvalue weighted by Crippen LogP contribution is 2.26. The van der Waals surface area contributed by atoms with E-state index in [1.54, 1.807) is 7.11 Å². The fourth-order valence-corrected chi connectivity index (χ4v) is 6.04. The molecule has 2 aliphatic rings. The van der Waals surface area contributed by atoms with Crippen LogP contribution in [0.3, 0.4) is 0 Å². The van der Waals surface area contributed by atoms with Gasteiger partial charge in [0.1, 0.15) is 5.75 Å². The first-order chi connectivity index (χ1) is 16.4. The zero-order valence-electron chi connectivity index (χ0n) is 19.4. The number of nitriles is 1. The first kappa shape index (κ1) is 24.2. The Kier molecular flexibility index (Phi) is 7.51. The summed E-state index contributed by atoms with van der Waals surface area (Å²) in [7, 11) is -1.96. The van der Waals surface area contributed by atoms with Crippen molar-refractivity contribution in [2.24, 2.45) is 5.92 Å². The fourth-order valence-electron chi connectivity index (χ4n) is 4.57. The minimum Gasteiger partial charge on any atom is -0.497 e. The topological polar surface area (TPSA) is 93.9 Å². The number of methoxy groups -OCH3 is 1. The molecule has 34 heavy (non-hydrogen) atoms. The molecule has 0 radical (unpaired) electrons. The van der Waals surface area contributed by atoms with E-state index in [4.69, 9.17) is 10.00 Å². The Hall–Kier alpha value is -2.93. The van der Waals surface area contributed by atoms with Gasteiger partial charge >= 0.3 is 0 Å². The average Bonchev–Trinajstić information content (AvgIpc) is 2.89. The number of sulfonamides is 1. The summed E-state index contributed by atoms with van der Waals surface area (Å²) in [6, 6.07) is 16.0. The Morgan fingerprint density at radius 1 is 0.971 bits per heavy atom. The third-order valence-corrected chi connectivity index (χ3v) is 8.59. The van der Waals surface area contributed by atoms with Gasteiger partial charge < -0.3 is 9.64 Å². The summed E-state index contributed by atoms with van der Waals surface area (Å²) < 4.78 is 32.5. The summed E-state index contributed by atoms with van der Waals surface area (Å²) >= 11 is 0. The molecule has 2 aliphatic heterocycles. The maximum absolute atomic E-state index is 13.1. The van der Waals surface area contributed by atoms with Crippen LogP contribution in [0.5, 0.6) is 5.75 Å². The zero-order valence-corrected chi connectivity index (χ0v) is 20.2. The van der Waals surface area contributed by atoms with Crippen LogP contribution in [0, 0.1) is 17.2 Å². The number of amides is 1. The van der Waals surface area contributed by atoms with Crippen molar-refractivity contribution in [3.8, 4) is 11.8 Å². The molecule has 0 spiro atoms. The van der Waals surface area contributed by atoms with Crippen LogP contribution in [-0.4, -0.2) is 74.8 Å². The molecule has 2 heterocycles. The van der Waals surface area contributed by atoms with Crippen LogP contribution in [0.1, 0.15) is 24.0 Å². The molecule has 0 saturated carbocycles. The minimum absolute atomic E-state index is 0.138. The summed E-state index contributed by atoms with van der Waals surface area (Å²) in [6.07, 6.45) is 1.06. The zero-order chi connectivity index (χ0) is 24.1. The number of hydrogen-bond donors (Lipinski definition) is 0. The third kappa shape index (κ3) is 5.41. The summed E-state index contributed by atoms with van der Waals surface area (Å²) in [4.78, 5) is 17.5. The van der Waals surface area contributed by atoms with Crippen molar-refractivity contribution in [1.82, 2.24) is 14.1 Å².